The van der Waals surface area contributed by atoms with Crippen molar-refractivity contribution in [2.75, 3.05) is 46.4 Å². The van der Waals surface area contributed by atoms with Crippen LogP contribution in [0.2, 0.25) is 0 Å². The number of ether oxygens (including phenoxy) is 1. The van der Waals surface area contributed by atoms with Crippen molar-refractivity contribution < 1.29 is 9.53 Å². The first-order valence-electron chi connectivity index (χ1n) is 9.60. The molecule has 0 bridgehead atoms. The smallest absolute Gasteiger partial charge is 0.242 e. The Morgan fingerprint density at radius 3 is 2.73 bits per heavy atom. The molecule has 0 aliphatic carbocycles. The Bertz CT molecular complexity index is 626. The first-order chi connectivity index (χ1) is 12.6. The topological polar surface area (TPSA) is 57.2 Å². The van der Waals surface area contributed by atoms with Gasteiger partial charge in [-0.15, -0.1) is 0 Å². The molecular formula is C20H32N4O2. The van der Waals surface area contributed by atoms with Crippen LogP contribution >= 0.6 is 0 Å². The molecule has 0 radical (unpaired) electrons. The minimum atomic E-state index is 0.127. The number of nitrogens with zero attached hydrogens (tertiary/aromatic N) is 3. The van der Waals surface area contributed by atoms with Gasteiger partial charge in [0.1, 0.15) is 5.75 Å². The fourth-order valence-electron chi connectivity index (χ4n) is 3.11. The second kappa shape index (κ2) is 10.0. The minimum absolute atomic E-state index is 0.127. The molecule has 1 aromatic carbocycles. The molecule has 1 aromatic rings. The summed E-state index contributed by atoms with van der Waals surface area (Å²) in [5, 5.41) is 3.28. The molecule has 0 atom stereocenters. The van der Waals surface area contributed by atoms with Gasteiger partial charge in [0, 0.05) is 39.6 Å². The zero-order valence-corrected chi connectivity index (χ0v) is 16.5. The molecule has 26 heavy (non-hydrogen) atoms. The van der Waals surface area contributed by atoms with Crippen molar-refractivity contribution in [2.24, 2.45) is 4.99 Å². The number of benzene rings is 1. The number of likely N-dealkylation sites (N-methyl/N-ethyl adjacent to an activating group) is 2. The Kier molecular flexibility index (Phi) is 7.75. The maximum absolute atomic E-state index is 12.3. The second-order valence-electron chi connectivity index (χ2n) is 6.45. The summed E-state index contributed by atoms with van der Waals surface area (Å²) in [4.78, 5) is 20.8. The first-order valence-corrected chi connectivity index (χ1v) is 9.60. The molecular weight excluding hydrogens is 328 g/mol. The van der Waals surface area contributed by atoms with Crippen molar-refractivity contribution in [3.63, 3.8) is 0 Å². The van der Waals surface area contributed by atoms with E-state index in [4.69, 9.17) is 9.73 Å². The number of nitrogens with one attached hydrogen (secondary N) is 1. The van der Waals surface area contributed by atoms with Gasteiger partial charge in [0.25, 0.3) is 0 Å². The molecule has 1 aliphatic heterocycles. The Morgan fingerprint density at radius 1 is 1.27 bits per heavy atom. The summed E-state index contributed by atoms with van der Waals surface area (Å²) in [6.45, 7) is 10.1. The number of carbonyl (C=O) groups excluding carboxylic acids is 1. The van der Waals surface area contributed by atoms with E-state index in [9.17, 15) is 4.79 Å². The van der Waals surface area contributed by atoms with E-state index in [1.807, 2.05) is 37.6 Å². The quantitative estimate of drug-likeness (QED) is 0.568. The van der Waals surface area contributed by atoms with E-state index in [2.05, 4.69) is 23.5 Å². The number of rotatable bonds is 8. The van der Waals surface area contributed by atoms with Crippen molar-refractivity contribution in [1.29, 1.82) is 0 Å². The van der Waals surface area contributed by atoms with Gasteiger partial charge in [0.15, 0.2) is 5.96 Å². The summed E-state index contributed by atoms with van der Waals surface area (Å²) in [5.41, 5.74) is 2.57. The van der Waals surface area contributed by atoms with Crippen LogP contribution in [0.25, 0.3) is 0 Å². The third-order valence-corrected chi connectivity index (χ3v) is 4.60. The number of amides is 1. The van der Waals surface area contributed by atoms with Gasteiger partial charge in [-0.25, -0.2) is 0 Å². The highest BCUT2D eigenvalue weighted by atomic mass is 16.5. The summed E-state index contributed by atoms with van der Waals surface area (Å²) < 4.78 is 5.55. The molecule has 1 N–H and O–H groups in total. The highest BCUT2D eigenvalue weighted by Gasteiger charge is 2.15. The molecule has 1 aliphatic rings. The number of hydrogen-bond acceptors (Lipinski definition) is 3. The normalized spacial score (nSPS) is 13.2. The van der Waals surface area contributed by atoms with Crippen LogP contribution in [0.1, 0.15) is 31.9 Å². The van der Waals surface area contributed by atoms with Gasteiger partial charge < -0.3 is 19.9 Å². The Balaban J connectivity index is 1.93. The van der Waals surface area contributed by atoms with Crippen molar-refractivity contribution in [3.05, 3.63) is 29.3 Å². The third kappa shape index (κ3) is 5.38. The van der Waals surface area contributed by atoms with Crippen LogP contribution < -0.4 is 10.1 Å². The standard InChI is InChI=1S/C20H32N4O2/c1-5-21-20(23(4)15-19(25)24(6-2)7-3)22-12-10-16-8-9-18-17(14-16)11-13-26-18/h8-9,14H,5-7,10-13,15H2,1-4H3,(H,21,22). The zero-order valence-electron chi connectivity index (χ0n) is 16.5. The lowest BCUT2D eigenvalue weighted by atomic mass is 10.1. The predicted octanol–water partition coefficient (Wildman–Crippen LogP) is 1.93. The van der Waals surface area contributed by atoms with Crippen LogP contribution in [-0.4, -0.2) is 68.0 Å². The van der Waals surface area contributed by atoms with Gasteiger partial charge in [0.05, 0.1) is 13.2 Å². The minimum Gasteiger partial charge on any atom is -0.493 e. The SMILES string of the molecule is CCNC(=NCCc1ccc2c(c1)CCO2)N(C)CC(=O)N(CC)CC. The van der Waals surface area contributed by atoms with E-state index in [1.54, 1.807) is 0 Å². The summed E-state index contributed by atoms with van der Waals surface area (Å²) in [6, 6.07) is 6.39. The summed E-state index contributed by atoms with van der Waals surface area (Å²) >= 11 is 0. The molecule has 1 amide bonds. The third-order valence-electron chi connectivity index (χ3n) is 4.60. The van der Waals surface area contributed by atoms with Gasteiger partial charge >= 0.3 is 0 Å². The van der Waals surface area contributed by atoms with Gasteiger partial charge in [-0.2, -0.15) is 0 Å². The van der Waals surface area contributed by atoms with Gasteiger partial charge in [-0.05, 0) is 44.4 Å². The van der Waals surface area contributed by atoms with Crippen LogP contribution in [0.4, 0.5) is 0 Å². The molecule has 0 aromatic heterocycles. The Hall–Kier alpha value is -2.24. The van der Waals surface area contributed by atoms with E-state index >= 15 is 0 Å². The molecule has 1 heterocycles. The van der Waals surface area contributed by atoms with E-state index in [0.29, 0.717) is 13.1 Å². The van der Waals surface area contributed by atoms with Crippen molar-refractivity contribution in [1.82, 2.24) is 15.1 Å². The zero-order chi connectivity index (χ0) is 18.9. The lowest BCUT2D eigenvalue weighted by Crippen LogP contribution is -2.45. The van der Waals surface area contributed by atoms with Gasteiger partial charge in [-0.1, -0.05) is 12.1 Å². The summed E-state index contributed by atoms with van der Waals surface area (Å²) in [7, 11) is 1.91. The number of guanidine groups is 1. The van der Waals surface area contributed by atoms with Crippen LogP contribution in [0.3, 0.4) is 0 Å². The lowest BCUT2D eigenvalue weighted by molar-refractivity contribution is -0.131. The van der Waals surface area contributed by atoms with E-state index < -0.39 is 0 Å². The van der Waals surface area contributed by atoms with Crippen LogP contribution in [0.15, 0.2) is 23.2 Å². The lowest BCUT2D eigenvalue weighted by Gasteiger charge is -2.25. The number of hydrogen-bond donors (Lipinski definition) is 1. The molecule has 0 spiro atoms. The van der Waals surface area contributed by atoms with Gasteiger partial charge in [-0.3, -0.25) is 9.79 Å². The first kappa shape index (κ1) is 20.1. The van der Waals surface area contributed by atoms with E-state index in [0.717, 1.165) is 50.8 Å². The molecule has 0 unspecified atom stereocenters. The average molecular weight is 361 g/mol. The van der Waals surface area contributed by atoms with Crippen LogP contribution in [0.5, 0.6) is 5.75 Å². The number of aliphatic imine (C=N–C) groups is 1. The van der Waals surface area contributed by atoms with E-state index in [-0.39, 0.29) is 5.91 Å². The molecule has 0 saturated carbocycles. The Morgan fingerprint density at radius 2 is 2.04 bits per heavy atom. The highest BCUT2D eigenvalue weighted by molar-refractivity contribution is 5.86. The van der Waals surface area contributed by atoms with Crippen molar-refractivity contribution >= 4 is 11.9 Å². The highest BCUT2D eigenvalue weighted by Crippen LogP contribution is 2.25. The molecule has 6 nitrogen and oxygen atoms in total. The molecule has 0 saturated heterocycles. The number of carbonyl (C=O) groups is 1. The molecule has 6 heteroatoms. The fraction of sp³-hybridized carbons (Fsp3) is 0.600. The largest absolute Gasteiger partial charge is 0.493 e. The maximum atomic E-state index is 12.3. The number of fused-ring (bicyclic) bond motifs is 1. The monoisotopic (exact) mass is 360 g/mol. The molecule has 0 fully saturated rings. The van der Waals surface area contributed by atoms with Crippen LogP contribution in [0, 0.1) is 0 Å². The van der Waals surface area contributed by atoms with Crippen molar-refractivity contribution in [3.8, 4) is 5.75 Å². The Labute approximate surface area is 157 Å². The molecule has 144 valence electrons. The fourth-order valence-corrected chi connectivity index (χ4v) is 3.11. The summed E-state index contributed by atoms with van der Waals surface area (Å²) in [5.74, 6) is 1.92. The van der Waals surface area contributed by atoms with Crippen LogP contribution in [-0.2, 0) is 17.6 Å². The second-order valence-corrected chi connectivity index (χ2v) is 6.45. The van der Waals surface area contributed by atoms with Gasteiger partial charge in [0.2, 0.25) is 5.91 Å². The predicted molar refractivity (Wildman–Crippen MR) is 106 cm³/mol. The maximum Gasteiger partial charge on any atom is 0.242 e. The van der Waals surface area contributed by atoms with Crippen molar-refractivity contribution in [2.45, 2.75) is 33.6 Å². The summed E-state index contributed by atoms with van der Waals surface area (Å²) in [6.07, 6.45) is 1.87. The molecule has 2 rings (SSSR count). The average Bonchev–Trinajstić information content (AvgIpc) is 3.09. The van der Waals surface area contributed by atoms with E-state index in [1.165, 1.54) is 11.1 Å².